The quantitative estimate of drug-likeness (QED) is 0.425. The molecule has 32 heavy (non-hydrogen) atoms. The number of hydrogen-bond donors (Lipinski definition) is 1. The molecule has 0 fully saturated rings. The summed E-state index contributed by atoms with van der Waals surface area (Å²) in [7, 11) is 0. The summed E-state index contributed by atoms with van der Waals surface area (Å²) >= 11 is 1.34. The van der Waals surface area contributed by atoms with Crippen LogP contribution in [-0.4, -0.2) is 18.5 Å². The minimum absolute atomic E-state index is 0.0780. The minimum atomic E-state index is -0.448. The molecule has 1 N–H and O–H groups in total. The summed E-state index contributed by atoms with van der Waals surface area (Å²) in [5.41, 5.74) is 2.49. The lowest BCUT2D eigenvalue weighted by atomic mass is 9.87. The Bertz CT molecular complexity index is 1100. The van der Waals surface area contributed by atoms with Crippen LogP contribution in [0, 0.1) is 13.8 Å². The summed E-state index contributed by atoms with van der Waals surface area (Å²) in [5.74, 6) is 0.515. The molecule has 0 aliphatic carbocycles. The van der Waals surface area contributed by atoms with Crippen molar-refractivity contribution in [2.24, 2.45) is 0 Å². The van der Waals surface area contributed by atoms with Gasteiger partial charge in [0.05, 0.1) is 12.2 Å². The van der Waals surface area contributed by atoms with E-state index in [4.69, 9.17) is 13.9 Å². The molecule has 170 valence electrons. The van der Waals surface area contributed by atoms with Gasteiger partial charge in [0.25, 0.3) is 5.91 Å². The van der Waals surface area contributed by atoms with E-state index >= 15 is 0 Å². The van der Waals surface area contributed by atoms with Gasteiger partial charge < -0.3 is 19.2 Å². The van der Waals surface area contributed by atoms with E-state index in [-0.39, 0.29) is 24.4 Å². The lowest BCUT2D eigenvalue weighted by Gasteiger charge is -2.19. The fourth-order valence-corrected chi connectivity index (χ4v) is 4.16. The largest absolute Gasteiger partial charge is 0.486 e. The minimum Gasteiger partial charge on any atom is -0.486 e. The highest BCUT2D eigenvalue weighted by atomic mass is 32.1. The smallest absolute Gasteiger partial charge is 0.341 e. The maximum Gasteiger partial charge on any atom is 0.341 e. The molecular formula is C25H29NO5S. The van der Waals surface area contributed by atoms with Crippen LogP contribution in [0.5, 0.6) is 5.75 Å². The van der Waals surface area contributed by atoms with Crippen LogP contribution >= 0.6 is 11.3 Å². The Balaban J connectivity index is 1.65. The van der Waals surface area contributed by atoms with Crippen LogP contribution in [-0.2, 0) is 16.8 Å². The standard InChI is InChI=1S/C25H29NO5S/c1-7-29-24(28)21-15(2)16(3)32-23(21)26-22(27)20-13-12-19(31-20)14-30-18-10-8-17(9-11-18)25(4,5)6/h8-13H,7,14H2,1-6H3,(H,26,27). The summed E-state index contributed by atoms with van der Waals surface area (Å²) in [6, 6.07) is 11.2. The lowest BCUT2D eigenvalue weighted by Crippen LogP contribution is -2.14. The molecule has 0 radical (unpaired) electrons. The fourth-order valence-electron chi connectivity index (χ4n) is 3.11. The van der Waals surface area contributed by atoms with Crippen molar-refractivity contribution in [3.8, 4) is 5.75 Å². The molecule has 6 nitrogen and oxygen atoms in total. The molecule has 0 unspecified atom stereocenters. The molecule has 0 saturated carbocycles. The van der Waals surface area contributed by atoms with Crippen LogP contribution in [0.2, 0.25) is 0 Å². The number of benzene rings is 1. The maximum atomic E-state index is 12.7. The van der Waals surface area contributed by atoms with Crippen molar-refractivity contribution >= 4 is 28.2 Å². The number of hydrogen-bond acceptors (Lipinski definition) is 6. The van der Waals surface area contributed by atoms with Gasteiger partial charge in [-0.2, -0.15) is 0 Å². The summed E-state index contributed by atoms with van der Waals surface area (Å²) in [6.45, 7) is 12.4. The van der Waals surface area contributed by atoms with Crippen LogP contribution in [0.3, 0.4) is 0 Å². The third kappa shape index (κ3) is 5.40. The number of ether oxygens (including phenoxy) is 2. The van der Waals surface area contributed by atoms with Gasteiger partial charge in [-0.25, -0.2) is 4.79 Å². The molecule has 1 aromatic carbocycles. The second-order valence-corrected chi connectivity index (χ2v) is 9.72. The first-order valence-corrected chi connectivity index (χ1v) is 11.3. The number of nitrogens with one attached hydrogen (secondary N) is 1. The van der Waals surface area contributed by atoms with Crippen molar-refractivity contribution in [2.45, 2.75) is 53.6 Å². The van der Waals surface area contributed by atoms with Gasteiger partial charge in [0.2, 0.25) is 0 Å². The van der Waals surface area contributed by atoms with Gasteiger partial charge >= 0.3 is 5.97 Å². The van der Waals surface area contributed by atoms with Gasteiger partial charge in [0, 0.05) is 4.88 Å². The predicted molar refractivity (Wildman–Crippen MR) is 126 cm³/mol. The first-order chi connectivity index (χ1) is 15.1. The second kappa shape index (κ2) is 9.61. The second-order valence-electron chi connectivity index (χ2n) is 8.49. The number of anilines is 1. The van der Waals surface area contributed by atoms with E-state index in [0.29, 0.717) is 16.3 Å². The number of thiophene rings is 1. The van der Waals surface area contributed by atoms with Gasteiger partial charge in [-0.05, 0) is 61.6 Å². The molecule has 3 rings (SSSR count). The van der Waals surface area contributed by atoms with E-state index in [9.17, 15) is 9.59 Å². The van der Waals surface area contributed by atoms with Crippen molar-refractivity contribution in [1.82, 2.24) is 0 Å². The van der Waals surface area contributed by atoms with E-state index < -0.39 is 11.9 Å². The van der Waals surface area contributed by atoms with Crippen LogP contribution < -0.4 is 10.1 Å². The number of carbonyl (C=O) groups excluding carboxylic acids is 2. The van der Waals surface area contributed by atoms with Gasteiger partial charge in [-0.1, -0.05) is 32.9 Å². The van der Waals surface area contributed by atoms with Crippen LogP contribution in [0.4, 0.5) is 5.00 Å². The van der Waals surface area contributed by atoms with Crippen molar-refractivity contribution in [2.75, 3.05) is 11.9 Å². The SMILES string of the molecule is CCOC(=O)c1c(NC(=O)c2ccc(COc3ccc(C(C)(C)C)cc3)o2)sc(C)c1C. The van der Waals surface area contributed by atoms with Crippen molar-refractivity contribution in [1.29, 1.82) is 0 Å². The summed E-state index contributed by atoms with van der Waals surface area (Å²) in [4.78, 5) is 25.9. The zero-order chi connectivity index (χ0) is 23.5. The summed E-state index contributed by atoms with van der Waals surface area (Å²) < 4.78 is 16.6. The number of amides is 1. The molecule has 0 spiro atoms. The number of esters is 1. The molecule has 0 bridgehead atoms. The van der Waals surface area contributed by atoms with Crippen molar-refractivity contribution < 1.29 is 23.5 Å². The Morgan fingerprint density at radius 2 is 1.75 bits per heavy atom. The molecule has 0 atom stereocenters. The molecule has 0 aliphatic heterocycles. The maximum absolute atomic E-state index is 12.7. The van der Waals surface area contributed by atoms with E-state index in [2.05, 4.69) is 26.1 Å². The van der Waals surface area contributed by atoms with Crippen molar-refractivity contribution in [3.05, 3.63) is 69.5 Å². The Hall–Kier alpha value is -3.06. The Labute approximate surface area is 192 Å². The summed E-state index contributed by atoms with van der Waals surface area (Å²) in [5, 5.41) is 3.23. The molecule has 0 saturated heterocycles. The Morgan fingerprint density at radius 1 is 1.06 bits per heavy atom. The van der Waals surface area contributed by atoms with E-state index in [1.807, 2.05) is 38.1 Å². The number of rotatable bonds is 7. The van der Waals surface area contributed by atoms with Crippen molar-refractivity contribution in [3.63, 3.8) is 0 Å². The Kier molecular flexibility index (Phi) is 7.09. The predicted octanol–water partition coefficient (Wildman–Crippen LogP) is 6.26. The first-order valence-electron chi connectivity index (χ1n) is 10.5. The highest BCUT2D eigenvalue weighted by molar-refractivity contribution is 7.16. The number of carbonyl (C=O) groups is 2. The molecule has 0 aliphatic rings. The first kappa shape index (κ1) is 23.6. The zero-order valence-corrected chi connectivity index (χ0v) is 20.1. The third-order valence-electron chi connectivity index (χ3n) is 5.08. The van der Waals surface area contributed by atoms with Gasteiger partial charge in [0.15, 0.2) is 5.76 Å². The summed E-state index contributed by atoms with van der Waals surface area (Å²) in [6.07, 6.45) is 0. The van der Waals surface area contributed by atoms with Crippen LogP contribution in [0.1, 0.15) is 70.4 Å². The molecule has 2 aromatic heterocycles. The lowest BCUT2D eigenvalue weighted by molar-refractivity contribution is 0.0527. The average molecular weight is 456 g/mol. The Morgan fingerprint density at radius 3 is 2.38 bits per heavy atom. The normalized spacial score (nSPS) is 11.3. The molecule has 1 amide bonds. The average Bonchev–Trinajstić information content (AvgIpc) is 3.31. The monoisotopic (exact) mass is 455 g/mol. The van der Waals surface area contributed by atoms with E-state index in [1.54, 1.807) is 19.1 Å². The fraction of sp³-hybridized carbons (Fsp3) is 0.360. The van der Waals surface area contributed by atoms with Gasteiger partial charge in [0.1, 0.15) is 23.1 Å². The number of aryl methyl sites for hydroxylation is 1. The molecule has 2 heterocycles. The van der Waals surface area contributed by atoms with E-state index in [0.717, 1.165) is 16.2 Å². The third-order valence-corrected chi connectivity index (χ3v) is 6.20. The van der Waals surface area contributed by atoms with Gasteiger partial charge in [-0.15, -0.1) is 11.3 Å². The molecule has 3 aromatic rings. The highest BCUT2D eigenvalue weighted by Crippen LogP contribution is 2.33. The van der Waals surface area contributed by atoms with Crippen LogP contribution in [0.15, 0.2) is 40.8 Å². The topological polar surface area (TPSA) is 77.8 Å². The molecule has 7 heteroatoms. The molecular weight excluding hydrogens is 426 g/mol. The number of furan rings is 1. The zero-order valence-electron chi connectivity index (χ0n) is 19.3. The van der Waals surface area contributed by atoms with Gasteiger partial charge in [-0.3, -0.25) is 4.79 Å². The highest BCUT2D eigenvalue weighted by Gasteiger charge is 2.23. The van der Waals surface area contributed by atoms with E-state index in [1.165, 1.54) is 16.9 Å². The van der Waals surface area contributed by atoms with Crippen LogP contribution in [0.25, 0.3) is 0 Å².